The summed E-state index contributed by atoms with van der Waals surface area (Å²) >= 11 is 0. The van der Waals surface area contributed by atoms with E-state index in [2.05, 4.69) is 0 Å². The Labute approximate surface area is 95.7 Å². The Bertz CT molecular complexity index is 338. The summed E-state index contributed by atoms with van der Waals surface area (Å²) in [5.41, 5.74) is 0. The van der Waals surface area contributed by atoms with E-state index in [9.17, 15) is 27.9 Å². The number of nitrogens with zero attached hydrogens (tertiary/aromatic N) is 1. The molecule has 1 heterocycles. The van der Waals surface area contributed by atoms with Crippen LogP contribution < -0.4 is 5.11 Å². The predicted molar refractivity (Wildman–Crippen MR) is 49.5 cm³/mol. The zero-order chi connectivity index (χ0) is 13.1. The van der Waals surface area contributed by atoms with E-state index in [0.717, 1.165) is 4.90 Å². The van der Waals surface area contributed by atoms with Crippen molar-refractivity contribution < 1.29 is 27.9 Å². The van der Waals surface area contributed by atoms with Gasteiger partial charge in [0.1, 0.15) is 0 Å². The van der Waals surface area contributed by atoms with Gasteiger partial charge in [0.2, 0.25) is 5.91 Å². The number of carboxylic acids is 1. The molecule has 0 aliphatic carbocycles. The van der Waals surface area contributed by atoms with Gasteiger partial charge < -0.3 is 14.8 Å². The first kappa shape index (κ1) is 13.5. The standard InChI is InChI=1S/C10H12F3NO3/c11-10(12,13)7-2-1-5-14(6-7)8(15)3-4-9(16)17/h3-4,7H,1-2,5-6H2,(H,16,17)/p-1/t7-/m1/s1. The molecule has 0 spiro atoms. The van der Waals surface area contributed by atoms with Crippen molar-refractivity contribution in [3.63, 3.8) is 0 Å². The number of carbonyl (C=O) groups is 2. The number of hydrogen-bond acceptors (Lipinski definition) is 3. The topological polar surface area (TPSA) is 60.4 Å². The molecule has 0 radical (unpaired) electrons. The maximum Gasteiger partial charge on any atom is 0.393 e. The Morgan fingerprint density at radius 3 is 2.47 bits per heavy atom. The summed E-state index contributed by atoms with van der Waals surface area (Å²) in [6, 6.07) is 0. The van der Waals surface area contributed by atoms with Crippen molar-refractivity contribution in [2.24, 2.45) is 5.92 Å². The molecule has 0 aromatic rings. The summed E-state index contributed by atoms with van der Waals surface area (Å²) in [7, 11) is 0. The van der Waals surface area contributed by atoms with Crippen LogP contribution >= 0.6 is 0 Å². The van der Waals surface area contributed by atoms with Gasteiger partial charge in [-0.15, -0.1) is 0 Å². The van der Waals surface area contributed by atoms with Crippen LogP contribution in [0.15, 0.2) is 12.2 Å². The molecule has 96 valence electrons. The van der Waals surface area contributed by atoms with Crippen molar-refractivity contribution in [1.82, 2.24) is 4.90 Å². The van der Waals surface area contributed by atoms with Gasteiger partial charge in [0.25, 0.3) is 0 Å². The van der Waals surface area contributed by atoms with Crippen molar-refractivity contribution in [3.05, 3.63) is 12.2 Å². The molecule has 7 heteroatoms. The number of carboxylic acid groups (broad SMARTS) is 1. The number of amides is 1. The quantitative estimate of drug-likeness (QED) is 0.653. The summed E-state index contributed by atoms with van der Waals surface area (Å²) in [6.07, 6.45) is -2.84. The van der Waals surface area contributed by atoms with Crippen molar-refractivity contribution >= 4 is 11.9 Å². The fraction of sp³-hybridized carbons (Fsp3) is 0.600. The number of rotatable bonds is 2. The minimum atomic E-state index is -4.32. The average molecular weight is 250 g/mol. The molecular formula is C10H11F3NO3-. The van der Waals surface area contributed by atoms with Gasteiger partial charge in [-0.2, -0.15) is 13.2 Å². The Morgan fingerprint density at radius 1 is 1.29 bits per heavy atom. The van der Waals surface area contributed by atoms with Crippen LogP contribution in [0.1, 0.15) is 12.8 Å². The lowest BCUT2D eigenvalue weighted by molar-refractivity contribution is -0.297. The van der Waals surface area contributed by atoms with E-state index >= 15 is 0 Å². The molecular weight excluding hydrogens is 239 g/mol. The van der Waals surface area contributed by atoms with Crippen LogP contribution in [-0.2, 0) is 9.59 Å². The van der Waals surface area contributed by atoms with Gasteiger partial charge in [-0.05, 0) is 18.9 Å². The zero-order valence-corrected chi connectivity index (χ0v) is 8.87. The number of halogens is 3. The predicted octanol–water partition coefficient (Wildman–Crippen LogP) is 0.0934. The van der Waals surface area contributed by atoms with E-state index in [4.69, 9.17) is 0 Å². The third-order valence-electron chi connectivity index (χ3n) is 2.56. The van der Waals surface area contributed by atoms with Crippen molar-refractivity contribution in [3.8, 4) is 0 Å². The molecule has 1 aliphatic heterocycles. The molecule has 0 saturated carbocycles. The lowest BCUT2D eigenvalue weighted by atomic mass is 9.97. The number of likely N-dealkylation sites (tertiary alicyclic amines) is 1. The minimum absolute atomic E-state index is 0.00250. The molecule has 0 N–H and O–H groups in total. The fourth-order valence-corrected chi connectivity index (χ4v) is 1.69. The Morgan fingerprint density at radius 2 is 1.94 bits per heavy atom. The van der Waals surface area contributed by atoms with Gasteiger partial charge in [0.15, 0.2) is 0 Å². The third-order valence-corrected chi connectivity index (χ3v) is 2.56. The lowest BCUT2D eigenvalue weighted by Crippen LogP contribution is -2.44. The molecule has 1 atom stereocenters. The largest absolute Gasteiger partial charge is 0.545 e. The summed E-state index contributed by atoms with van der Waals surface area (Å²) in [5.74, 6) is -3.82. The molecule has 0 aromatic carbocycles. The van der Waals surface area contributed by atoms with Crippen LogP contribution in [0.5, 0.6) is 0 Å². The molecule has 1 aliphatic rings. The number of piperidine rings is 1. The van der Waals surface area contributed by atoms with Crippen LogP contribution in [0, 0.1) is 5.92 Å². The highest BCUT2D eigenvalue weighted by Crippen LogP contribution is 2.33. The maximum atomic E-state index is 12.4. The van der Waals surface area contributed by atoms with E-state index in [1.54, 1.807) is 0 Å². The zero-order valence-electron chi connectivity index (χ0n) is 8.87. The molecule has 17 heavy (non-hydrogen) atoms. The second kappa shape index (κ2) is 5.20. The van der Waals surface area contributed by atoms with Gasteiger partial charge in [0.05, 0.1) is 11.9 Å². The van der Waals surface area contributed by atoms with Gasteiger partial charge in [-0.3, -0.25) is 4.79 Å². The first-order chi connectivity index (χ1) is 7.80. The highest BCUT2D eigenvalue weighted by atomic mass is 19.4. The molecule has 0 unspecified atom stereocenters. The van der Waals surface area contributed by atoms with Gasteiger partial charge in [-0.25, -0.2) is 0 Å². The molecule has 0 bridgehead atoms. The Balaban J connectivity index is 2.61. The van der Waals surface area contributed by atoms with Gasteiger partial charge >= 0.3 is 6.18 Å². The number of alkyl halides is 3. The fourth-order valence-electron chi connectivity index (χ4n) is 1.69. The van der Waals surface area contributed by atoms with E-state index in [1.807, 2.05) is 0 Å². The number of aliphatic carboxylic acids is 1. The minimum Gasteiger partial charge on any atom is -0.545 e. The lowest BCUT2D eigenvalue weighted by Gasteiger charge is -2.33. The number of hydrogen-bond donors (Lipinski definition) is 0. The summed E-state index contributed by atoms with van der Waals surface area (Å²) < 4.78 is 37.3. The first-order valence-electron chi connectivity index (χ1n) is 5.05. The SMILES string of the molecule is O=C([O-])C=CC(=O)N1CCC[C@@H](C(F)(F)F)C1. The van der Waals surface area contributed by atoms with Gasteiger partial charge in [0, 0.05) is 19.2 Å². The maximum absolute atomic E-state index is 12.4. The van der Waals surface area contributed by atoms with E-state index in [-0.39, 0.29) is 19.4 Å². The van der Waals surface area contributed by atoms with Crippen LogP contribution in [0.2, 0.25) is 0 Å². The van der Waals surface area contributed by atoms with Crippen LogP contribution in [0.3, 0.4) is 0 Å². The molecule has 4 nitrogen and oxygen atoms in total. The summed E-state index contributed by atoms with van der Waals surface area (Å²) in [5, 5.41) is 10.1. The summed E-state index contributed by atoms with van der Waals surface area (Å²) in [6.45, 7) is -0.206. The first-order valence-corrected chi connectivity index (χ1v) is 5.05. The normalized spacial score (nSPS) is 21.8. The molecule has 1 saturated heterocycles. The van der Waals surface area contributed by atoms with Crippen molar-refractivity contribution in [2.45, 2.75) is 19.0 Å². The van der Waals surface area contributed by atoms with Crippen molar-refractivity contribution in [1.29, 1.82) is 0 Å². The van der Waals surface area contributed by atoms with Crippen LogP contribution in [0.25, 0.3) is 0 Å². The Hall–Kier alpha value is -1.53. The Kier molecular flexibility index (Phi) is 4.14. The molecule has 1 fully saturated rings. The smallest absolute Gasteiger partial charge is 0.393 e. The third kappa shape index (κ3) is 4.08. The second-order valence-corrected chi connectivity index (χ2v) is 3.82. The molecule has 1 amide bonds. The van der Waals surface area contributed by atoms with Gasteiger partial charge in [-0.1, -0.05) is 0 Å². The van der Waals surface area contributed by atoms with E-state index < -0.39 is 30.5 Å². The van der Waals surface area contributed by atoms with Crippen LogP contribution in [0.4, 0.5) is 13.2 Å². The molecule has 0 aromatic heterocycles. The van der Waals surface area contributed by atoms with E-state index in [0.29, 0.717) is 12.2 Å². The van der Waals surface area contributed by atoms with Crippen molar-refractivity contribution in [2.75, 3.05) is 13.1 Å². The van der Waals surface area contributed by atoms with E-state index in [1.165, 1.54) is 0 Å². The summed E-state index contributed by atoms with van der Waals surface area (Å²) in [4.78, 5) is 22.4. The highest BCUT2D eigenvalue weighted by molar-refractivity contribution is 5.93. The monoisotopic (exact) mass is 250 g/mol. The number of carbonyl (C=O) groups excluding carboxylic acids is 2. The highest BCUT2D eigenvalue weighted by Gasteiger charge is 2.42. The van der Waals surface area contributed by atoms with Crippen LogP contribution in [-0.4, -0.2) is 36.0 Å². The molecule has 1 rings (SSSR count). The average Bonchev–Trinajstić information content (AvgIpc) is 2.25. The second-order valence-electron chi connectivity index (χ2n) is 3.82.